The van der Waals surface area contributed by atoms with E-state index in [1.165, 1.54) is 16.7 Å². The summed E-state index contributed by atoms with van der Waals surface area (Å²) < 4.78 is 5.73. The summed E-state index contributed by atoms with van der Waals surface area (Å²) in [6.07, 6.45) is 3.04. The molecule has 21 heavy (non-hydrogen) atoms. The highest BCUT2D eigenvalue weighted by atomic mass is 16.5. The predicted octanol–water partition coefficient (Wildman–Crippen LogP) is 3.23. The molecule has 0 heterocycles. The second-order valence-corrected chi connectivity index (χ2v) is 5.36. The number of nitrogens with zero attached hydrogens (tertiary/aromatic N) is 1. The Morgan fingerprint density at radius 2 is 1.81 bits per heavy atom. The number of fused-ring (bicyclic) bond motifs is 2. The Morgan fingerprint density at radius 3 is 2.57 bits per heavy atom. The number of hydrazine groups is 1. The van der Waals surface area contributed by atoms with E-state index in [0.717, 1.165) is 17.7 Å². The molecule has 1 aliphatic rings. The molecule has 0 amide bonds. The molecule has 0 aromatic heterocycles. The van der Waals surface area contributed by atoms with Gasteiger partial charge in [-0.2, -0.15) is 0 Å². The maximum Gasteiger partial charge on any atom is 0.0867 e. The molecule has 3 rings (SSSR count). The summed E-state index contributed by atoms with van der Waals surface area (Å²) in [6.45, 7) is 0. The van der Waals surface area contributed by atoms with Crippen LogP contribution in [0.25, 0.3) is 11.8 Å². The number of rotatable bonds is 2. The highest BCUT2D eigenvalue weighted by Gasteiger charge is 2.21. The molecule has 2 N–H and O–H groups in total. The minimum Gasteiger partial charge on any atom is -0.376 e. The van der Waals surface area contributed by atoms with E-state index in [0.29, 0.717) is 0 Å². The van der Waals surface area contributed by atoms with Crippen molar-refractivity contribution in [2.45, 2.75) is 12.5 Å². The van der Waals surface area contributed by atoms with E-state index in [4.69, 9.17) is 10.6 Å². The van der Waals surface area contributed by atoms with E-state index in [1.807, 2.05) is 19.2 Å². The molecule has 1 atom stereocenters. The van der Waals surface area contributed by atoms with Crippen molar-refractivity contribution in [1.82, 2.24) is 5.01 Å². The molecule has 0 saturated carbocycles. The first-order valence-electron chi connectivity index (χ1n) is 7.11. The van der Waals surface area contributed by atoms with Crippen LogP contribution < -0.4 is 5.84 Å². The standard InChI is InChI=1S/C18H20N2O/c1-20(19)17-11-13-7-4-6-10-16(13)18(21-2)12-14-8-3-5-9-15(14)17/h3-11,18H,12,19H2,1-2H3/b17-11+. The fourth-order valence-electron chi connectivity index (χ4n) is 2.92. The van der Waals surface area contributed by atoms with E-state index in [-0.39, 0.29) is 6.10 Å². The summed E-state index contributed by atoms with van der Waals surface area (Å²) in [7, 11) is 3.64. The normalized spacial score (nSPS) is 19.6. The second-order valence-electron chi connectivity index (χ2n) is 5.36. The van der Waals surface area contributed by atoms with Gasteiger partial charge in [0, 0.05) is 26.1 Å². The number of hydrogen-bond donors (Lipinski definition) is 1. The first-order valence-corrected chi connectivity index (χ1v) is 7.11. The van der Waals surface area contributed by atoms with Gasteiger partial charge >= 0.3 is 0 Å². The Kier molecular flexibility index (Phi) is 3.78. The Morgan fingerprint density at radius 1 is 1.10 bits per heavy atom. The molecular formula is C18H20N2O. The highest BCUT2D eigenvalue weighted by Crippen LogP contribution is 2.34. The lowest BCUT2D eigenvalue weighted by Gasteiger charge is -2.26. The number of hydrogen-bond acceptors (Lipinski definition) is 3. The van der Waals surface area contributed by atoms with Crippen molar-refractivity contribution < 1.29 is 4.74 Å². The van der Waals surface area contributed by atoms with Gasteiger partial charge in [-0.05, 0) is 22.8 Å². The van der Waals surface area contributed by atoms with Crippen molar-refractivity contribution in [3.05, 3.63) is 70.8 Å². The number of methoxy groups -OCH3 is 1. The predicted molar refractivity (Wildman–Crippen MR) is 86.2 cm³/mol. The minimum atomic E-state index is 0.0585. The van der Waals surface area contributed by atoms with Gasteiger partial charge in [0.05, 0.1) is 11.8 Å². The SMILES string of the molecule is COC1Cc2ccccc2/C(N(C)N)=C\c2ccccc21. The zero-order valence-corrected chi connectivity index (χ0v) is 12.4. The Balaban J connectivity index is 2.26. The highest BCUT2D eigenvalue weighted by molar-refractivity contribution is 5.83. The van der Waals surface area contributed by atoms with Crippen LogP contribution in [0.5, 0.6) is 0 Å². The molecule has 0 bridgehead atoms. The lowest BCUT2D eigenvalue weighted by atomic mass is 9.89. The third-order valence-electron chi connectivity index (χ3n) is 4.00. The van der Waals surface area contributed by atoms with E-state index >= 15 is 0 Å². The van der Waals surface area contributed by atoms with Crippen LogP contribution in [0.1, 0.15) is 28.4 Å². The quantitative estimate of drug-likeness (QED) is 0.678. The molecule has 0 radical (unpaired) electrons. The molecule has 108 valence electrons. The molecule has 1 aliphatic carbocycles. The van der Waals surface area contributed by atoms with E-state index in [2.05, 4.69) is 42.5 Å². The molecule has 0 aliphatic heterocycles. The summed E-state index contributed by atoms with van der Waals surface area (Å²) in [6, 6.07) is 16.7. The lowest BCUT2D eigenvalue weighted by Crippen LogP contribution is -2.25. The summed E-state index contributed by atoms with van der Waals surface area (Å²) in [5, 5.41) is 1.68. The molecule has 0 saturated heterocycles. The zero-order valence-electron chi connectivity index (χ0n) is 12.4. The van der Waals surface area contributed by atoms with Crippen molar-refractivity contribution >= 4 is 11.8 Å². The Hall–Kier alpha value is -2.10. The maximum absolute atomic E-state index is 6.06. The molecule has 3 nitrogen and oxygen atoms in total. The van der Waals surface area contributed by atoms with Gasteiger partial charge in [-0.3, -0.25) is 0 Å². The van der Waals surface area contributed by atoms with Crippen LogP contribution in [-0.2, 0) is 11.2 Å². The van der Waals surface area contributed by atoms with Crippen LogP contribution in [0.2, 0.25) is 0 Å². The van der Waals surface area contributed by atoms with Crippen LogP contribution in [0.4, 0.5) is 0 Å². The molecular weight excluding hydrogens is 260 g/mol. The Bertz CT molecular complexity index is 676. The monoisotopic (exact) mass is 280 g/mol. The average Bonchev–Trinajstić information content (AvgIpc) is 2.49. The molecule has 2 aromatic rings. The van der Waals surface area contributed by atoms with Crippen LogP contribution in [-0.4, -0.2) is 19.2 Å². The fourth-order valence-corrected chi connectivity index (χ4v) is 2.92. The van der Waals surface area contributed by atoms with Gasteiger partial charge in [-0.1, -0.05) is 48.5 Å². The molecule has 2 aromatic carbocycles. The molecule has 0 fully saturated rings. The lowest BCUT2D eigenvalue weighted by molar-refractivity contribution is 0.103. The largest absolute Gasteiger partial charge is 0.376 e. The summed E-state index contributed by atoms with van der Waals surface area (Å²) in [5.41, 5.74) is 5.80. The van der Waals surface area contributed by atoms with Crippen LogP contribution in [0.3, 0.4) is 0 Å². The maximum atomic E-state index is 6.06. The van der Waals surface area contributed by atoms with Crippen LogP contribution >= 0.6 is 0 Å². The van der Waals surface area contributed by atoms with Gasteiger partial charge in [0.2, 0.25) is 0 Å². The molecule has 1 unspecified atom stereocenters. The van der Waals surface area contributed by atoms with Crippen LogP contribution in [0.15, 0.2) is 48.5 Å². The number of nitrogens with two attached hydrogens (primary N) is 1. The van der Waals surface area contributed by atoms with Gasteiger partial charge in [-0.25, -0.2) is 5.84 Å². The van der Waals surface area contributed by atoms with Gasteiger partial charge < -0.3 is 9.75 Å². The summed E-state index contributed by atoms with van der Waals surface area (Å²) >= 11 is 0. The first kappa shape index (κ1) is 13.9. The molecule has 0 spiro atoms. The Labute approximate surface area is 125 Å². The smallest absolute Gasteiger partial charge is 0.0867 e. The van der Waals surface area contributed by atoms with Gasteiger partial charge in [0.1, 0.15) is 0 Å². The van der Waals surface area contributed by atoms with E-state index < -0.39 is 0 Å². The topological polar surface area (TPSA) is 38.5 Å². The first-order chi connectivity index (χ1) is 10.2. The third kappa shape index (κ3) is 2.58. The van der Waals surface area contributed by atoms with Crippen molar-refractivity contribution in [2.24, 2.45) is 5.84 Å². The average molecular weight is 280 g/mol. The third-order valence-corrected chi connectivity index (χ3v) is 4.00. The molecule has 3 heteroatoms. The number of ether oxygens (including phenoxy) is 1. The van der Waals surface area contributed by atoms with Crippen molar-refractivity contribution in [3.63, 3.8) is 0 Å². The van der Waals surface area contributed by atoms with Crippen molar-refractivity contribution in [2.75, 3.05) is 14.2 Å². The van der Waals surface area contributed by atoms with Crippen molar-refractivity contribution in [1.29, 1.82) is 0 Å². The minimum absolute atomic E-state index is 0.0585. The van der Waals surface area contributed by atoms with Crippen molar-refractivity contribution in [3.8, 4) is 0 Å². The van der Waals surface area contributed by atoms with Crippen LogP contribution in [0, 0.1) is 0 Å². The second kappa shape index (κ2) is 5.72. The summed E-state index contributed by atoms with van der Waals surface area (Å²) in [5.74, 6) is 6.06. The van der Waals surface area contributed by atoms with E-state index in [9.17, 15) is 0 Å². The van der Waals surface area contributed by atoms with Gasteiger partial charge in [0.25, 0.3) is 0 Å². The number of benzene rings is 2. The summed E-state index contributed by atoms with van der Waals surface area (Å²) in [4.78, 5) is 0. The van der Waals surface area contributed by atoms with Gasteiger partial charge in [-0.15, -0.1) is 0 Å². The van der Waals surface area contributed by atoms with E-state index in [1.54, 1.807) is 12.1 Å². The fraction of sp³-hybridized carbons (Fsp3) is 0.222. The zero-order chi connectivity index (χ0) is 14.8. The van der Waals surface area contributed by atoms with Gasteiger partial charge in [0.15, 0.2) is 0 Å².